The standard InChI is InChI=1S/C16H27NO2/c1-5-10-17-11-16(4,18)12-19-15-9-7-6-8-14(15)13(2)3/h6-9,13,17-18H,5,10-12H2,1-4H3. The molecule has 1 unspecified atom stereocenters. The summed E-state index contributed by atoms with van der Waals surface area (Å²) in [6.07, 6.45) is 1.06. The lowest BCUT2D eigenvalue weighted by molar-refractivity contribution is 0.0121. The summed E-state index contributed by atoms with van der Waals surface area (Å²) >= 11 is 0. The molecule has 3 heteroatoms. The van der Waals surface area contributed by atoms with E-state index in [1.54, 1.807) is 6.92 Å². The van der Waals surface area contributed by atoms with Gasteiger partial charge in [0.2, 0.25) is 0 Å². The van der Waals surface area contributed by atoms with Crippen LogP contribution in [0.5, 0.6) is 5.75 Å². The third-order valence-electron chi connectivity index (χ3n) is 3.01. The molecule has 0 saturated carbocycles. The number of hydrogen-bond acceptors (Lipinski definition) is 3. The number of ether oxygens (including phenoxy) is 1. The van der Waals surface area contributed by atoms with E-state index in [0.717, 1.165) is 18.7 Å². The number of para-hydroxylation sites is 1. The lowest BCUT2D eigenvalue weighted by Gasteiger charge is -2.25. The summed E-state index contributed by atoms with van der Waals surface area (Å²) in [7, 11) is 0. The average molecular weight is 265 g/mol. The van der Waals surface area contributed by atoms with Gasteiger partial charge in [-0.3, -0.25) is 0 Å². The normalized spacial score (nSPS) is 14.4. The maximum absolute atomic E-state index is 10.2. The van der Waals surface area contributed by atoms with Crippen molar-refractivity contribution in [2.75, 3.05) is 19.7 Å². The van der Waals surface area contributed by atoms with Crippen LogP contribution in [0.1, 0.15) is 45.6 Å². The first-order valence-electron chi connectivity index (χ1n) is 7.11. The van der Waals surface area contributed by atoms with Crippen LogP contribution < -0.4 is 10.1 Å². The summed E-state index contributed by atoms with van der Waals surface area (Å²) in [6, 6.07) is 8.02. The Hall–Kier alpha value is -1.06. The van der Waals surface area contributed by atoms with Crippen molar-refractivity contribution >= 4 is 0 Å². The van der Waals surface area contributed by atoms with E-state index >= 15 is 0 Å². The van der Waals surface area contributed by atoms with Gasteiger partial charge in [0.05, 0.1) is 0 Å². The van der Waals surface area contributed by atoms with E-state index in [1.165, 1.54) is 5.56 Å². The van der Waals surface area contributed by atoms with E-state index in [2.05, 4.69) is 32.2 Å². The lowest BCUT2D eigenvalue weighted by Crippen LogP contribution is -2.43. The van der Waals surface area contributed by atoms with Crippen LogP contribution in [-0.4, -0.2) is 30.4 Å². The van der Waals surface area contributed by atoms with Gasteiger partial charge in [0.25, 0.3) is 0 Å². The van der Waals surface area contributed by atoms with Crippen molar-refractivity contribution in [1.82, 2.24) is 5.32 Å². The molecule has 0 spiro atoms. The van der Waals surface area contributed by atoms with Crippen molar-refractivity contribution in [3.8, 4) is 5.75 Å². The molecule has 0 aliphatic carbocycles. The van der Waals surface area contributed by atoms with Gasteiger partial charge >= 0.3 is 0 Å². The number of benzene rings is 1. The van der Waals surface area contributed by atoms with Crippen molar-refractivity contribution in [3.05, 3.63) is 29.8 Å². The predicted octanol–water partition coefficient (Wildman–Crippen LogP) is 2.94. The van der Waals surface area contributed by atoms with Gasteiger partial charge in [-0.15, -0.1) is 0 Å². The molecule has 1 aromatic rings. The fourth-order valence-corrected chi connectivity index (χ4v) is 1.91. The van der Waals surface area contributed by atoms with Crippen LogP contribution in [0.2, 0.25) is 0 Å². The van der Waals surface area contributed by atoms with Gasteiger partial charge in [-0.25, -0.2) is 0 Å². The molecule has 1 aromatic carbocycles. The Morgan fingerprint density at radius 2 is 2.00 bits per heavy atom. The second kappa shape index (κ2) is 7.51. The Morgan fingerprint density at radius 3 is 2.63 bits per heavy atom. The molecule has 2 N–H and O–H groups in total. The van der Waals surface area contributed by atoms with E-state index in [9.17, 15) is 5.11 Å². The molecule has 19 heavy (non-hydrogen) atoms. The van der Waals surface area contributed by atoms with Crippen molar-refractivity contribution in [2.24, 2.45) is 0 Å². The van der Waals surface area contributed by atoms with Gasteiger partial charge in [0.15, 0.2) is 0 Å². The quantitative estimate of drug-likeness (QED) is 0.710. The first-order valence-corrected chi connectivity index (χ1v) is 7.11. The molecule has 0 fully saturated rings. The van der Waals surface area contributed by atoms with Crippen molar-refractivity contribution in [1.29, 1.82) is 0 Å². The Bertz CT molecular complexity index is 375. The number of rotatable bonds is 8. The Labute approximate surface area is 117 Å². The van der Waals surface area contributed by atoms with Gasteiger partial charge in [-0.2, -0.15) is 0 Å². The molecule has 0 aliphatic rings. The number of hydrogen-bond donors (Lipinski definition) is 2. The highest BCUT2D eigenvalue weighted by molar-refractivity contribution is 5.35. The minimum atomic E-state index is -0.848. The molecule has 0 aromatic heterocycles. The molecular weight excluding hydrogens is 238 g/mol. The van der Waals surface area contributed by atoms with Crippen LogP contribution in [0.15, 0.2) is 24.3 Å². The summed E-state index contributed by atoms with van der Waals surface area (Å²) in [5.41, 5.74) is 0.332. The fraction of sp³-hybridized carbons (Fsp3) is 0.625. The topological polar surface area (TPSA) is 41.5 Å². The Kier molecular flexibility index (Phi) is 6.32. The van der Waals surface area contributed by atoms with Crippen LogP contribution in [0.25, 0.3) is 0 Å². The summed E-state index contributed by atoms with van der Waals surface area (Å²) < 4.78 is 5.80. The molecule has 3 nitrogen and oxygen atoms in total. The number of nitrogens with one attached hydrogen (secondary N) is 1. The Balaban J connectivity index is 2.56. The van der Waals surface area contributed by atoms with Gasteiger partial charge in [0.1, 0.15) is 18.0 Å². The third kappa shape index (κ3) is 5.62. The van der Waals surface area contributed by atoms with Crippen molar-refractivity contribution < 1.29 is 9.84 Å². The first-order chi connectivity index (χ1) is 8.96. The highest BCUT2D eigenvalue weighted by Gasteiger charge is 2.21. The van der Waals surface area contributed by atoms with Gasteiger partial charge in [0, 0.05) is 6.54 Å². The van der Waals surface area contributed by atoms with Crippen molar-refractivity contribution in [2.45, 2.75) is 45.6 Å². The van der Waals surface area contributed by atoms with Crippen LogP contribution in [-0.2, 0) is 0 Å². The van der Waals surface area contributed by atoms with Crippen LogP contribution in [0.4, 0.5) is 0 Å². The maximum Gasteiger partial charge on any atom is 0.122 e. The molecule has 0 saturated heterocycles. The summed E-state index contributed by atoms with van der Waals surface area (Å²) in [6.45, 7) is 9.95. The average Bonchev–Trinajstić information content (AvgIpc) is 2.37. The zero-order valence-electron chi connectivity index (χ0n) is 12.6. The highest BCUT2D eigenvalue weighted by atomic mass is 16.5. The zero-order chi connectivity index (χ0) is 14.3. The number of aliphatic hydroxyl groups is 1. The third-order valence-corrected chi connectivity index (χ3v) is 3.01. The molecule has 1 rings (SSSR count). The van der Waals surface area contributed by atoms with Gasteiger partial charge in [-0.05, 0) is 37.4 Å². The van der Waals surface area contributed by atoms with Crippen LogP contribution in [0, 0.1) is 0 Å². The molecule has 0 radical (unpaired) electrons. The lowest BCUT2D eigenvalue weighted by atomic mass is 10.0. The maximum atomic E-state index is 10.2. The van der Waals surface area contributed by atoms with E-state index in [0.29, 0.717) is 19.1 Å². The van der Waals surface area contributed by atoms with Crippen LogP contribution >= 0.6 is 0 Å². The minimum absolute atomic E-state index is 0.299. The fourth-order valence-electron chi connectivity index (χ4n) is 1.91. The summed E-state index contributed by atoms with van der Waals surface area (Å²) in [4.78, 5) is 0. The second-order valence-corrected chi connectivity index (χ2v) is 5.65. The molecule has 108 valence electrons. The zero-order valence-corrected chi connectivity index (χ0v) is 12.6. The summed E-state index contributed by atoms with van der Waals surface area (Å²) in [5, 5.41) is 13.5. The van der Waals surface area contributed by atoms with Crippen molar-refractivity contribution in [3.63, 3.8) is 0 Å². The first kappa shape index (κ1) is 16.0. The molecule has 1 atom stereocenters. The van der Waals surface area contributed by atoms with Crippen LogP contribution in [0.3, 0.4) is 0 Å². The molecule has 0 amide bonds. The molecule has 0 bridgehead atoms. The van der Waals surface area contributed by atoms with E-state index in [4.69, 9.17) is 4.74 Å². The van der Waals surface area contributed by atoms with E-state index < -0.39 is 5.60 Å². The predicted molar refractivity (Wildman–Crippen MR) is 79.8 cm³/mol. The SMILES string of the molecule is CCCNCC(C)(O)COc1ccccc1C(C)C. The van der Waals surface area contributed by atoms with Gasteiger partial charge in [-0.1, -0.05) is 39.0 Å². The smallest absolute Gasteiger partial charge is 0.122 e. The van der Waals surface area contributed by atoms with E-state index in [-0.39, 0.29) is 0 Å². The summed E-state index contributed by atoms with van der Waals surface area (Å²) in [5.74, 6) is 1.28. The van der Waals surface area contributed by atoms with Gasteiger partial charge < -0.3 is 15.2 Å². The minimum Gasteiger partial charge on any atom is -0.490 e. The largest absolute Gasteiger partial charge is 0.490 e. The van der Waals surface area contributed by atoms with E-state index in [1.807, 2.05) is 18.2 Å². The highest BCUT2D eigenvalue weighted by Crippen LogP contribution is 2.26. The molecule has 0 heterocycles. The molecular formula is C16H27NO2. The molecule has 0 aliphatic heterocycles. The second-order valence-electron chi connectivity index (χ2n) is 5.65. The Morgan fingerprint density at radius 1 is 1.32 bits per heavy atom. The monoisotopic (exact) mass is 265 g/mol.